The van der Waals surface area contributed by atoms with Crippen LogP contribution in [0.1, 0.15) is 58.4 Å². The Kier molecular flexibility index (Phi) is 14.3. The van der Waals surface area contributed by atoms with Crippen LogP contribution in [0.15, 0.2) is 30.3 Å². The highest BCUT2D eigenvalue weighted by Gasteiger charge is 2.23. The number of hydrogen-bond donors (Lipinski definition) is 3. The molecule has 1 rings (SSSR count). The van der Waals surface area contributed by atoms with Crippen LogP contribution in [-0.4, -0.2) is 71.7 Å². The predicted molar refractivity (Wildman–Crippen MR) is 123 cm³/mol. The van der Waals surface area contributed by atoms with Crippen molar-refractivity contribution in [2.75, 3.05) is 26.2 Å². The number of aliphatic hydroxyl groups excluding tert-OH is 2. The van der Waals surface area contributed by atoms with E-state index in [0.717, 1.165) is 24.8 Å². The molecule has 0 aliphatic rings. The molecule has 0 bridgehead atoms. The summed E-state index contributed by atoms with van der Waals surface area (Å²) in [7, 11) is 0. The fourth-order valence-electron chi connectivity index (χ4n) is 3.26. The third kappa shape index (κ3) is 13.3. The molecule has 0 heterocycles. The van der Waals surface area contributed by atoms with Crippen molar-refractivity contribution in [1.82, 2.24) is 10.2 Å². The van der Waals surface area contributed by atoms with Gasteiger partial charge in [0.15, 0.2) is 0 Å². The van der Waals surface area contributed by atoms with E-state index >= 15 is 0 Å². The van der Waals surface area contributed by atoms with Gasteiger partial charge in [-0.05, 0) is 51.6 Å². The zero-order chi connectivity index (χ0) is 23.8. The average Bonchev–Trinajstić information content (AvgIpc) is 2.74. The second-order valence-corrected chi connectivity index (χ2v) is 8.23. The SMILES string of the molecule is CCCCOC(=O)[C@H](CCCCN(CC(C)O)CC(C)O)NC(=O)OCc1ccccc1. The first-order chi connectivity index (χ1) is 15.3. The average molecular weight is 453 g/mol. The number of benzene rings is 1. The normalized spacial score (nSPS) is 13.9. The molecule has 0 saturated heterocycles. The molecule has 8 heteroatoms. The van der Waals surface area contributed by atoms with Crippen molar-refractivity contribution in [3.05, 3.63) is 35.9 Å². The van der Waals surface area contributed by atoms with Crippen molar-refractivity contribution in [1.29, 1.82) is 0 Å². The first kappa shape index (κ1) is 27.9. The van der Waals surface area contributed by atoms with Gasteiger partial charge in [-0.3, -0.25) is 4.90 Å². The zero-order valence-corrected chi connectivity index (χ0v) is 19.7. The number of carbonyl (C=O) groups is 2. The van der Waals surface area contributed by atoms with Crippen LogP contribution in [0.25, 0.3) is 0 Å². The number of alkyl carbamates (subject to hydrolysis) is 1. The van der Waals surface area contributed by atoms with Crippen LogP contribution < -0.4 is 5.32 Å². The Morgan fingerprint density at radius 1 is 1.00 bits per heavy atom. The molecule has 2 unspecified atom stereocenters. The summed E-state index contributed by atoms with van der Waals surface area (Å²) >= 11 is 0. The number of nitrogens with one attached hydrogen (secondary N) is 1. The van der Waals surface area contributed by atoms with E-state index in [-0.39, 0.29) is 6.61 Å². The molecule has 1 amide bonds. The van der Waals surface area contributed by atoms with Gasteiger partial charge in [0.1, 0.15) is 12.6 Å². The number of carbonyl (C=O) groups excluding carboxylic acids is 2. The number of nitrogens with zero attached hydrogens (tertiary/aromatic N) is 1. The van der Waals surface area contributed by atoms with Gasteiger partial charge in [0.05, 0.1) is 18.8 Å². The van der Waals surface area contributed by atoms with Crippen LogP contribution >= 0.6 is 0 Å². The Hall–Kier alpha value is -2.16. The number of amides is 1. The van der Waals surface area contributed by atoms with Crippen molar-refractivity contribution in [2.45, 2.75) is 77.7 Å². The van der Waals surface area contributed by atoms with Gasteiger partial charge in [0.2, 0.25) is 0 Å². The summed E-state index contributed by atoms with van der Waals surface area (Å²) in [6.45, 7) is 7.49. The highest BCUT2D eigenvalue weighted by atomic mass is 16.6. The molecule has 1 aromatic carbocycles. The smallest absolute Gasteiger partial charge is 0.408 e. The summed E-state index contributed by atoms with van der Waals surface area (Å²) in [5.41, 5.74) is 0.862. The molecule has 0 fully saturated rings. The number of ether oxygens (including phenoxy) is 2. The predicted octanol–water partition coefficient (Wildman–Crippen LogP) is 2.86. The first-order valence-electron chi connectivity index (χ1n) is 11.5. The van der Waals surface area contributed by atoms with Crippen molar-refractivity contribution in [3.8, 4) is 0 Å². The molecular weight excluding hydrogens is 412 g/mol. The maximum absolute atomic E-state index is 12.5. The minimum Gasteiger partial charge on any atom is -0.464 e. The number of unbranched alkanes of at least 4 members (excludes halogenated alkanes) is 2. The Bertz CT molecular complexity index is 629. The maximum Gasteiger partial charge on any atom is 0.408 e. The molecule has 0 radical (unpaired) electrons. The molecule has 32 heavy (non-hydrogen) atoms. The van der Waals surface area contributed by atoms with E-state index in [1.165, 1.54) is 0 Å². The molecule has 3 N–H and O–H groups in total. The third-order valence-corrected chi connectivity index (χ3v) is 4.79. The topological polar surface area (TPSA) is 108 Å². The Morgan fingerprint density at radius 2 is 1.66 bits per heavy atom. The fraction of sp³-hybridized carbons (Fsp3) is 0.667. The van der Waals surface area contributed by atoms with Gasteiger partial charge in [-0.1, -0.05) is 43.7 Å². The third-order valence-electron chi connectivity index (χ3n) is 4.79. The van der Waals surface area contributed by atoms with Gasteiger partial charge in [0.25, 0.3) is 0 Å². The number of aliphatic hydroxyl groups is 2. The molecule has 0 aromatic heterocycles. The lowest BCUT2D eigenvalue weighted by Gasteiger charge is -2.25. The molecule has 0 aliphatic carbocycles. The van der Waals surface area contributed by atoms with Gasteiger partial charge < -0.3 is 25.0 Å². The largest absolute Gasteiger partial charge is 0.464 e. The lowest BCUT2D eigenvalue weighted by atomic mass is 10.1. The van der Waals surface area contributed by atoms with E-state index in [4.69, 9.17) is 9.47 Å². The summed E-state index contributed by atoms with van der Waals surface area (Å²) in [4.78, 5) is 26.7. The van der Waals surface area contributed by atoms with Gasteiger partial charge in [-0.25, -0.2) is 9.59 Å². The quantitative estimate of drug-likeness (QED) is 0.261. The molecule has 182 valence electrons. The van der Waals surface area contributed by atoms with Crippen LogP contribution in [0.5, 0.6) is 0 Å². The molecule has 0 spiro atoms. The molecule has 3 atom stereocenters. The van der Waals surface area contributed by atoms with E-state index < -0.39 is 30.3 Å². The summed E-state index contributed by atoms with van der Waals surface area (Å²) in [5.74, 6) is -0.458. The van der Waals surface area contributed by atoms with Gasteiger partial charge in [-0.2, -0.15) is 0 Å². The van der Waals surface area contributed by atoms with Crippen molar-refractivity contribution in [3.63, 3.8) is 0 Å². The van der Waals surface area contributed by atoms with Crippen LogP contribution in [-0.2, 0) is 20.9 Å². The van der Waals surface area contributed by atoms with E-state index in [9.17, 15) is 19.8 Å². The maximum atomic E-state index is 12.5. The van der Waals surface area contributed by atoms with E-state index in [1.807, 2.05) is 42.2 Å². The molecule has 8 nitrogen and oxygen atoms in total. The number of esters is 1. The highest BCUT2D eigenvalue weighted by Crippen LogP contribution is 2.08. The Labute approximate surface area is 191 Å². The summed E-state index contributed by atoms with van der Waals surface area (Å²) < 4.78 is 10.6. The molecule has 1 aromatic rings. The van der Waals surface area contributed by atoms with Crippen molar-refractivity contribution >= 4 is 12.1 Å². The molecular formula is C24H40N2O6. The van der Waals surface area contributed by atoms with Crippen molar-refractivity contribution in [2.24, 2.45) is 0 Å². The monoisotopic (exact) mass is 452 g/mol. The number of rotatable bonds is 16. The van der Waals surface area contributed by atoms with Crippen LogP contribution in [0.2, 0.25) is 0 Å². The van der Waals surface area contributed by atoms with Gasteiger partial charge >= 0.3 is 12.1 Å². The zero-order valence-electron chi connectivity index (χ0n) is 19.7. The lowest BCUT2D eigenvalue weighted by Crippen LogP contribution is -2.42. The fourth-order valence-corrected chi connectivity index (χ4v) is 3.26. The lowest BCUT2D eigenvalue weighted by molar-refractivity contribution is -0.146. The Balaban J connectivity index is 2.54. The first-order valence-corrected chi connectivity index (χ1v) is 11.5. The second kappa shape index (κ2) is 16.5. The van der Waals surface area contributed by atoms with Crippen LogP contribution in [0, 0.1) is 0 Å². The standard InChI is InChI=1S/C24H40N2O6/c1-4-5-15-31-23(29)22(25-24(30)32-18-21-11-7-6-8-12-21)13-9-10-14-26(16-19(2)27)17-20(3)28/h6-8,11-12,19-20,22,27-28H,4-5,9-10,13-18H2,1-3H3,(H,25,30)/t19?,20?,22-/m0/s1. The highest BCUT2D eigenvalue weighted by molar-refractivity contribution is 5.81. The van der Waals surface area contributed by atoms with E-state index in [0.29, 0.717) is 39.1 Å². The summed E-state index contributed by atoms with van der Waals surface area (Å²) in [6, 6.07) is 8.55. The van der Waals surface area contributed by atoms with Gasteiger partial charge in [0, 0.05) is 13.1 Å². The summed E-state index contributed by atoms with van der Waals surface area (Å²) in [6.07, 6.45) is 1.88. The second-order valence-electron chi connectivity index (χ2n) is 8.23. The minimum atomic E-state index is -0.780. The summed E-state index contributed by atoms with van der Waals surface area (Å²) in [5, 5.41) is 21.9. The van der Waals surface area contributed by atoms with Crippen LogP contribution in [0.4, 0.5) is 4.79 Å². The van der Waals surface area contributed by atoms with Gasteiger partial charge in [-0.15, -0.1) is 0 Å². The van der Waals surface area contributed by atoms with Crippen LogP contribution in [0.3, 0.4) is 0 Å². The van der Waals surface area contributed by atoms with E-state index in [2.05, 4.69) is 5.32 Å². The Morgan fingerprint density at radius 3 is 2.25 bits per heavy atom. The number of hydrogen-bond acceptors (Lipinski definition) is 7. The van der Waals surface area contributed by atoms with Crippen molar-refractivity contribution < 1.29 is 29.3 Å². The van der Waals surface area contributed by atoms with E-state index in [1.54, 1.807) is 13.8 Å². The molecule has 0 saturated carbocycles. The molecule has 0 aliphatic heterocycles. The minimum absolute atomic E-state index is 0.123.